The largest absolute Gasteiger partial charge is 0.390 e. The van der Waals surface area contributed by atoms with Gasteiger partial charge in [-0.3, -0.25) is 19.2 Å². The van der Waals surface area contributed by atoms with Gasteiger partial charge in [0.15, 0.2) is 23.1 Å². The number of rotatable bonds is 27. The summed E-state index contributed by atoms with van der Waals surface area (Å²) in [5, 5.41) is 44.7. The highest BCUT2D eigenvalue weighted by Crippen LogP contribution is 2.45. The molecule has 9 heterocycles. The molecule has 6 atom stereocenters. The van der Waals surface area contributed by atoms with Crippen LogP contribution < -0.4 is 0 Å². The number of Topliss-reactive ketones (excluding diaryl/α,β-unsaturated/α-hetero) is 4. The van der Waals surface area contributed by atoms with Gasteiger partial charge in [0.05, 0.1) is 92.6 Å². The molecule has 0 bridgehead atoms. The fraction of sp³-hybridized carbons (Fsp3) is 0.576. The van der Waals surface area contributed by atoms with E-state index in [4.69, 9.17) is 73.6 Å². The van der Waals surface area contributed by atoms with E-state index in [0.717, 1.165) is 93.4 Å². The predicted molar refractivity (Wildman–Crippen MR) is 420 cm³/mol. The van der Waals surface area contributed by atoms with Crippen LogP contribution in [0.15, 0.2) is 97.6 Å². The van der Waals surface area contributed by atoms with Crippen molar-refractivity contribution in [3.05, 3.63) is 163 Å². The Bertz CT molecular complexity index is 4530. The van der Waals surface area contributed by atoms with Gasteiger partial charge in [-0.05, 0) is 181 Å². The van der Waals surface area contributed by atoms with Crippen LogP contribution in [0.3, 0.4) is 0 Å². The number of fused-ring (bicyclic) bond motifs is 4. The molecule has 4 saturated carbocycles. The average molecular weight is 1600 g/mol. The van der Waals surface area contributed by atoms with E-state index in [1.807, 2.05) is 60.1 Å². The molecule has 8 aromatic heterocycles. The third-order valence-corrected chi connectivity index (χ3v) is 23.9. The molecular weight excluding hydrogens is 1490 g/mol. The van der Waals surface area contributed by atoms with Gasteiger partial charge < -0.3 is 57.0 Å². The quantitative estimate of drug-likeness (QED) is 0.0216. The SMILES string of the molecule is CC1CCCC(O)(CCC(=O)c2cc(C3CCOCC3)n3cccc(Cl)c23)C1.CCOCCc1cc(C(=O)CC[C@]2(O)CCC[C@H](C)C2)c2c(Cl)cccn12.[2H]C([2H])([2H])OCCc1cc(C(=O)CC[C@@]2(O)CCCC(F)(F)C2)c2c(Cl)cccn12.[2H]C([2H])([2H])OCCc1cc(C(=O)CC[C@]2(O)CCCC(F)(F)C2)c2c(Cl)cccn12. The van der Waals surface area contributed by atoms with E-state index in [-0.39, 0.29) is 113 Å². The maximum absolute atomic E-state index is 13.7. The normalized spacial score (nSPS) is 24.6. The lowest BCUT2D eigenvalue weighted by Crippen LogP contribution is -2.41. The topological polar surface area (TPSA) is 204 Å². The Labute approximate surface area is 665 Å². The number of carbonyl (C=O) groups is 4. The second-order valence-electron chi connectivity index (χ2n) is 31.2. The fourth-order valence-electron chi connectivity index (χ4n) is 17.2. The van der Waals surface area contributed by atoms with Gasteiger partial charge in [-0.25, -0.2) is 17.6 Å². The molecule has 0 radical (unpaired) electrons. The molecule has 596 valence electrons. The van der Waals surface area contributed by atoms with Crippen LogP contribution in [-0.2, 0) is 38.2 Å². The molecule has 8 aromatic rings. The smallest absolute Gasteiger partial charge is 0.250 e. The first kappa shape index (κ1) is 77.2. The fourth-order valence-corrected chi connectivity index (χ4v) is 18.3. The summed E-state index contributed by atoms with van der Waals surface area (Å²) in [6.45, 7) is 8.99. The highest BCUT2D eigenvalue weighted by molar-refractivity contribution is 6.36. The standard InChI is InChI=1S/C23H30ClNO3.C22H30ClNO3.2C20H24ClF2NO3/c1-16-4-2-9-23(27,15-16)10-6-21(26)18-14-20(17-7-12-28-13-8-17)25-11-3-5-19(24)22(18)25;1-3-27-13-9-17-14-18(21-19(23)7-5-12-24(17)21)20(25)8-11-22(26)10-4-6-16(2)15-22;2*1-27-11-6-14-12-15(18-16(21)4-2-10-24(14)18)17(25)5-9-19(26)7-3-8-20(22,23)13-19/h3,5,11,14,16-17,27H,2,4,6-10,12-13,15H2,1H3;5,7,12,14,16,26H,3-4,6,8-11,13,15H2,1-2H3;2*2,4,10,12,26H,3,5-9,11,13H2,1H3/t;16-,22+;2*19-/m.010/s1/i;;2*1D3. The van der Waals surface area contributed by atoms with E-state index in [1.165, 1.54) is 12.8 Å². The maximum Gasteiger partial charge on any atom is 0.250 e. The summed E-state index contributed by atoms with van der Waals surface area (Å²) in [6, 6.07) is 21.3. The first-order valence-corrected chi connectivity index (χ1v) is 40.1. The van der Waals surface area contributed by atoms with Gasteiger partial charge in [-0.2, -0.15) is 0 Å². The van der Waals surface area contributed by atoms with Gasteiger partial charge in [-0.1, -0.05) is 85.9 Å². The number of ketones is 4. The Morgan fingerprint density at radius 1 is 0.486 bits per heavy atom. The Morgan fingerprint density at radius 3 is 1.18 bits per heavy atom. The van der Waals surface area contributed by atoms with Crippen LogP contribution in [0.5, 0.6) is 0 Å². The van der Waals surface area contributed by atoms with E-state index < -0.39 is 61.2 Å². The lowest BCUT2D eigenvalue weighted by molar-refractivity contribution is -0.127. The molecule has 0 amide bonds. The number of ether oxygens (including phenoxy) is 4. The summed E-state index contributed by atoms with van der Waals surface area (Å²) < 4.78 is 126. The molecule has 5 aliphatic rings. The highest BCUT2D eigenvalue weighted by Gasteiger charge is 2.46. The molecule has 1 aliphatic heterocycles. The minimum absolute atomic E-state index is 0.0508. The van der Waals surface area contributed by atoms with E-state index in [1.54, 1.807) is 57.6 Å². The number of nitrogens with zero attached hydrogens (tertiary/aromatic N) is 4. The van der Waals surface area contributed by atoms with Gasteiger partial charge in [-0.15, -0.1) is 0 Å². The predicted octanol–water partition coefficient (Wildman–Crippen LogP) is 19.8. The lowest BCUT2D eigenvalue weighted by Gasteiger charge is -2.36. The number of aromatic nitrogens is 4. The lowest BCUT2D eigenvalue weighted by atomic mass is 9.76. The summed E-state index contributed by atoms with van der Waals surface area (Å²) >= 11 is 25.5. The van der Waals surface area contributed by atoms with Crippen molar-refractivity contribution >= 4 is 91.6 Å². The Hall–Kier alpha value is -5.72. The average Bonchev–Trinajstić information content (AvgIpc) is 1.63. The molecule has 2 unspecified atom stereocenters. The van der Waals surface area contributed by atoms with Gasteiger partial charge in [0, 0.05) is 180 Å². The Balaban J connectivity index is 0.000000162. The molecule has 5 fully saturated rings. The molecule has 4 aliphatic carbocycles. The van der Waals surface area contributed by atoms with Crippen LogP contribution >= 0.6 is 46.4 Å². The van der Waals surface area contributed by atoms with Gasteiger partial charge >= 0.3 is 0 Å². The summed E-state index contributed by atoms with van der Waals surface area (Å²) in [5.74, 6) is -4.91. The van der Waals surface area contributed by atoms with Crippen molar-refractivity contribution in [1.29, 1.82) is 0 Å². The number of alkyl halides is 4. The van der Waals surface area contributed by atoms with Crippen molar-refractivity contribution < 1.29 is 84.3 Å². The number of pyridine rings is 4. The third kappa shape index (κ3) is 22.2. The number of carbonyl (C=O) groups excluding carboxylic acids is 4. The van der Waals surface area contributed by atoms with E-state index >= 15 is 0 Å². The van der Waals surface area contributed by atoms with Crippen LogP contribution in [0.25, 0.3) is 22.1 Å². The van der Waals surface area contributed by atoms with Crippen molar-refractivity contribution in [1.82, 2.24) is 17.6 Å². The number of methoxy groups -OCH3 is 2. The van der Waals surface area contributed by atoms with Crippen LogP contribution in [0.2, 0.25) is 20.1 Å². The van der Waals surface area contributed by atoms with Crippen LogP contribution in [-0.4, -0.2) is 149 Å². The first-order chi connectivity index (χ1) is 54.2. The molecule has 0 spiro atoms. The number of aliphatic hydroxyl groups is 4. The molecule has 24 heteroatoms. The molecule has 109 heavy (non-hydrogen) atoms. The van der Waals surface area contributed by atoms with Crippen LogP contribution in [0.4, 0.5) is 17.6 Å². The summed E-state index contributed by atoms with van der Waals surface area (Å²) in [4.78, 5) is 52.0. The minimum atomic E-state index is -2.92. The molecule has 1 saturated heterocycles. The Morgan fingerprint density at radius 2 is 0.826 bits per heavy atom. The molecule has 4 N–H and O–H groups in total. The monoisotopic (exact) mass is 1600 g/mol. The summed E-state index contributed by atoms with van der Waals surface area (Å²) in [7, 11) is -5.03. The number of hydrogen-bond acceptors (Lipinski definition) is 12. The Kier molecular flexibility index (Phi) is 26.9. The third-order valence-electron chi connectivity index (χ3n) is 22.6. The van der Waals surface area contributed by atoms with Crippen LogP contribution in [0.1, 0.15) is 266 Å². The molecule has 13 rings (SSSR count). The first-order valence-electron chi connectivity index (χ1n) is 41.5. The zero-order chi connectivity index (χ0) is 83.5. The number of hydrogen-bond donors (Lipinski definition) is 4. The second kappa shape index (κ2) is 37.9. The number of halogens is 8. The minimum Gasteiger partial charge on any atom is -0.390 e. The summed E-state index contributed by atoms with van der Waals surface area (Å²) in [6.07, 6.45) is 18.7. The van der Waals surface area contributed by atoms with Crippen molar-refractivity contribution in [2.24, 2.45) is 11.8 Å². The van der Waals surface area contributed by atoms with Crippen molar-refractivity contribution in [3.63, 3.8) is 0 Å². The zero-order valence-electron chi connectivity index (χ0n) is 68.6. The van der Waals surface area contributed by atoms with Crippen molar-refractivity contribution in [2.75, 3.05) is 53.7 Å². The molecule has 16 nitrogen and oxygen atoms in total. The second-order valence-corrected chi connectivity index (χ2v) is 32.9. The van der Waals surface area contributed by atoms with Gasteiger partial charge in [0.2, 0.25) is 0 Å². The maximum atomic E-state index is 13.7. The molecular formula is C85H108Cl4F4N4O12. The van der Waals surface area contributed by atoms with E-state index in [2.05, 4.69) is 18.2 Å². The summed E-state index contributed by atoms with van der Waals surface area (Å²) in [5.41, 5.74) is 3.41. The van der Waals surface area contributed by atoms with Crippen molar-refractivity contribution in [3.8, 4) is 0 Å². The van der Waals surface area contributed by atoms with Gasteiger partial charge in [0.1, 0.15) is 0 Å². The zero-order valence-corrected chi connectivity index (χ0v) is 65.6. The highest BCUT2D eigenvalue weighted by atomic mass is 35.5. The van der Waals surface area contributed by atoms with Gasteiger partial charge in [0.25, 0.3) is 11.8 Å². The van der Waals surface area contributed by atoms with Crippen LogP contribution in [0, 0.1) is 11.8 Å². The van der Waals surface area contributed by atoms with Crippen molar-refractivity contribution in [2.45, 2.75) is 247 Å². The van der Waals surface area contributed by atoms with E-state index in [9.17, 15) is 57.2 Å². The van der Waals surface area contributed by atoms with E-state index in [0.29, 0.717) is 121 Å². The molecule has 0 aromatic carbocycles.